The predicted octanol–water partition coefficient (Wildman–Crippen LogP) is 1.98. The summed E-state index contributed by atoms with van der Waals surface area (Å²) in [4.78, 5) is 49.2. The van der Waals surface area contributed by atoms with Crippen LogP contribution in [0.5, 0.6) is 5.75 Å². The number of primary amides is 1. The molecule has 2 aromatic carbocycles. The molecule has 0 fully saturated rings. The topological polar surface area (TPSA) is 215 Å². The Morgan fingerprint density at radius 1 is 1.03 bits per heavy atom. The molecule has 38 heavy (non-hydrogen) atoms. The first-order chi connectivity index (χ1) is 18.1. The fraction of sp³-hybridized carbons (Fsp3) is 0.192. The van der Waals surface area contributed by atoms with Gasteiger partial charge in [-0.25, -0.2) is 4.79 Å². The van der Waals surface area contributed by atoms with Crippen LogP contribution in [0.2, 0.25) is 0 Å². The Hall–Kier alpha value is -5.13. The number of phenols is 1. The van der Waals surface area contributed by atoms with Crippen molar-refractivity contribution in [2.45, 2.75) is 31.7 Å². The highest BCUT2D eigenvalue weighted by Gasteiger charge is 2.32. The van der Waals surface area contributed by atoms with E-state index in [9.17, 15) is 24.6 Å². The Balaban J connectivity index is 1.56. The Kier molecular flexibility index (Phi) is 7.42. The van der Waals surface area contributed by atoms with Gasteiger partial charge in [0.05, 0.1) is 5.39 Å². The summed E-state index contributed by atoms with van der Waals surface area (Å²) < 4.78 is 0. The van der Waals surface area contributed by atoms with Gasteiger partial charge in [0.1, 0.15) is 23.3 Å². The van der Waals surface area contributed by atoms with Crippen LogP contribution in [0.15, 0.2) is 54.7 Å². The van der Waals surface area contributed by atoms with Gasteiger partial charge < -0.3 is 32.4 Å². The number of aromatic nitrogens is 3. The summed E-state index contributed by atoms with van der Waals surface area (Å²) in [6.45, 7) is 0. The molecule has 196 valence electrons. The number of carboxylic acid groups (broad SMARTS) is 1. The minimum absolute atomic E-state index is 0.0863. The van der Waals surface area contributed by atoms with Gasteiger partial charge in [-0.2, -0.15) is 9.97 Å². The second kappa shape index (κ2) is 10.9. The molecule has 9 N–H and O–H groups in total. The lowest BCUT2D eigenvalue weighted by Gasteiger charge is -2.29. The molecule has 1 atom stereocenters. The van der Waals surface area contributed by atoms with Crippen molar-refractivity contribution in [2.75, 3.05) is 16.4 Å². The van der Waals surface area contributed by atoms with Gasteiger partial charge >= 0.3 is 5.97 Å². The second-order valence-corrected chi connectivity index (χ2v) is 8.76. The first-order valence-corrected chi connectivity index (χ1v) is 11.8. The molecule has 4 aromatic rings. The van der Waals surface area contributed by atoms with E-state index in [2.05, 4.69) is 15.0 Å². The van der Waals surface area contributed by atoms with Crippen LogP contribution in [0, 0.1) is 0 Å². The summed E-state index contributed by atoms with van der Waals surface area (Å²) in [5.74, 6) is -2.35. The van der Waals surface area contributed by atoms with Gasteiger partial charge in [-0.15, -0.1) is 0 Å². The number of aromatic hydroxyl groups is 1. The van der Waals surface area contributed by atoms with Gasteiger partial charge in [-0.3, -0.25) is 14.5 Å². The number of benzene rings is 2. The number of anilines is 3. The Morgan fingerprint density at radius 2 is 1.76 bits per heavy atom. The average Bonchev–Trinajstić information content (AvgIpc) is 3.28. The summed E-state index contributed by atoms with van der Waals surface area (Å²) >= 11 is 0. The zero-order valence-electron chi connectivity index (χ0n) is 20.3. The van der Waals surface area contributed by atoms with Crippen molar-refractivity contribution >= 4 is 46.3 Å². The number of nitrogens with zero attached hydrogens (tertiary/aromatic N) is 3. The highest BCUT2D eigenvalue weighted by molar-refractivity contribution is 6.09. The number of aromatic amines is 1. The van der Waals surface area contributed by atoms with E-state index in [1.807, 2.05) is 0 Å². The lowest BCUT2D eigenvalue weighted by Crippen LogP contribution is -2.46. The van der Waals surface area contributed by atoms with E-state index in [1.165, 1.54) is 24.3 Å². The summed E-state index contributed by atoms with van der Waals surface area (Å²) in [7, 11) is 0. The molecule has 2 amide bonds. The SMILES string of the molecule is NC(=O)CC[C@@H](C(=O)O)N(C(=O)c1ccc(CCc2c[nH]c3nc(N)nc(N)c23)cc1)c1cccc(O)c1. The van der Waals surface area contributed by atoms with E-state index in [0.29, 0.717) is 29.7 Å². The summed E-state index contributed by atoms with van der Waals surface area (Å²) in [5, 5.41) is 20.5. The number of aliphatic carboxylic acids is 1. The molecule has 2 heterocycles. The van der Waals surface area contributed by atoms with Crippen molar-refractivity contribution in [3.8, 4) is 5.75 Å². The maximum absolute atomic E-state index is 13.5. The zero-order valence-corrected chi connectivity index (χ0v) is 20.3. The molecule has 12 nitrogen and oxygen atoms in total. The number of aryl methyl sites for hydroxylation is 2. The van der Waals surface area contributed by atoms with Crippen LogP contribution in [-0.4, -0.2) is 49.0 Å². The van der Waals surface area contributed by atoms with E-state index in [4.69, 9.17) is 17.2 Å². The molecule has 2 aromatic heterocycles. The van der Waals surface area contributed by atoms with Crippen LogP contribution in [-0.2, 0) is 22.4 Å². The average molecular weight is 518 g/mol. The fourth-order valence-electron chi connectivity index (χ4n) is 4.30. The number of hydrogen-bond acceptors (Lipinski definition) is 8. The number of nitrogens with one attached hydrogen (secondary N) is 1. The molecular weight excluding hydrogens is 490 g/mol. The smallest absolute Gasteiger partial charge is 0.326 e. The van der Waals surface area contributed by atoms with E-state index in [-0.39, 0.29) is 35.8 Å². The highest BCUT2D eigenvalue weighted by atomic mass is 16.4. The van der Waals surface area contributed by atoms with E-state index < -0.39 is 23.8 Å². The predicted molar refractivity (Wildman–Crippen MR) is 141 cm³/mol. The number of carbonyl (C=O) groups is 3. The normalized spacial score (nSPS) is 11.8. The van der Waals surface area contributed by atoms with Gasteiger partial charge in [0, 0.05) is 29.9 Å². The van der Waals surface area contributed by atoms with Crippen LogP contribution in [0.4, 0.5) is 17.5 Å². The number of nitrogens with two attached hydrogens (primary N) is 3. The molecule has 0 radical (unpaired) electrons. The lowest BCUT2D eigenvalue weighted by molar-refractivity contribution is -0.138. The molecule has 0 bridgehead atoms. The first kappa shape index (κ1) is 25.9. The number of fused-ring (bicyclic) bond motifs is 1. The molecule has 0 aliphatic rings. The number of phenolic OH excluding ortho intramolecular Hbond substituents is 1. The Morgan fingerprint density at radius 3 is 2.42 bits per heavy atom. The molecule has 0 aliphatic heterocycles. The monoisotopic (exact) mass is 517 g/mol. The molecule has 0 saturated heterocycles. The standard InChI is InChI=1S/C26H27N7O5/c27-20(35)11-10-19(25(37)38)33(17-2-1-3-18(34)12-17)24(36)15-7-4-14(5-8-15)6-9-16-13-30-23-21(16)22(28)31-26(29)32-23/h1-5,7-8,12-13,19,34H,6,9-11H2,(H2,27,35)(H,37,38)(H5,28,29,30,31,32)/t19-/m0/s1. The summed E-state index contributed by atoms with van der Waals surface area (Å²) in [5.41, 5.74) is 19.7. The van der Waals surface area contributed by atoms with Gasteiger partial charge in [0.25, 0.3) is 5.91 Å². The molecule has 4 rings (SSSR count). The number of amides is 2. The van der Waals surface area contributed by atoms with Gasteiger partial charge in [-0.1, -0.05) is 18.2 Å². The maximum Gasteiger partial charge on any atom is 0.326 e. The van der Waals surface area contributed by atoms with Crippen LogP contribution < -0.4 is 22.1 Å². The van der Waals surface area contributed by atoms with Crippen LogP contribution in [0.25, 0.3) is 11.0 Å². The molecule has 0 spiro atoms. The third-order valence-corrected chi connectivity index (χ3v) is 6.13. The molecule has 0 aliphatic carbocycles. The molecular formula is C26H27N7O5. The third kappa shape index (κ3) is 5.64. The first-order valence-electron chi connectivity index (χ1n) is 11.8. The van der Waals surface area contributed by atoms with Crippen molar-refractivity contribution in [2.24, 2.45) is 5.73 Å². The molecule has 0 unspecified atom stereocenters. The van der Waals surface area contributed by atoms with Gasteiger partial charge in [-0.05, 0) is 54.7 Å². The summed E-state index contributed by atoms with van der Waals surface area (Å²) in [6.07, 6.45) is 2.63. The zero-order chi connectivity index (χ0) is 27.4. The minimum atomic E-state index is -1.37. The second-order valence-electron chi connectivity index (χ2n) is 8.76. The molecule has 12 heteroatoms. The van der Waals surface area contributed by atoms with Crippen LogP contribution >= 0.6 is 0 Å². The largest absolute Gasteiger partial charge is 0.508 e. The lowest BCUT2D eigenvalue weighted by atomic mass is 10.0. The third-order valence-electron chi connectivity index (χ3n) is 6.13. The van der Waals surface area contributed by atoms with Crippen molar-refractivity contribution in [3.05, 3.63) is 71.4 Å². The molecule has 0 saturated carbocycles. The number of carbonyl (C=O) groups excluding carboxylic acids is 2. The van der Waals surface area contributed by atoms with Crippen molar-refractivity contribution < 1.29 is 24.6 Å². The number of H-pyrrole nitrogens is 1. The maximum atomic E-state index is 13.5. The van der Waals surface area contributed by atoms with Crippen LogP contribution in [0.1, 0.15) is 34.3 Å². The number of nitrogen functional groups attached to an aromatic ring is 2. The van der Waals surface area contributed by atoms with Crippen molar-refractivity contribution in [3.63, 3.8) is 0 Å². The van der Waals surface area contributed by atoms with E-state index in [1.54, 1.807) is 30.5 Å². The minimum Gasteiger partial charge on any atom is -0.508 e. The highest BCUT2D eigenvalue weighted by Crippen LogP contribution is 2.27. The Bertz CT molecular complexity index is 1500. The van der Waals surface area contributed by atoms with Crippen molar-refractivity contribution in [1.82, 2.24) is 15.0 Å². The van der Waals surface area contributed by atoms with E-state index >= 15 is 0 Å². The van der Waals surface area contributed by atoms with Crippen molar-refractivity contribution in [1.29, 1.82) is 0 Å². The van der Waals surface area contributed by atoms with Gasteiger partial charge in [0.15, 0.2) is 0 Å². The van der Waals surface area contributed by atoms with Crippen LogP contribution in [0.3, 0.4) is 0 Å². The van der Waals surface area contributed by atoms with Gasteiger partial charge in [0.2, 0.25) is 11.9 Å². The number of carboxylic acids is 1. The number of rotatable bonds is 10. The number of hydrogen-bond donors (Lipinski definition) is 6. The quantitative estimate of drug-likeness (QED) is 0.181. The van der Waals surface area contributed by atoms with E-state index in [0.717, 1.165) is 16.0 Å². The Labute approximate surface area is 217 Å². The summed E-state index contributed by atoms with van der Waals surface area (Å²) in [6, 6.07) is 11.1. The fourth-order valence-corrected chi connectivity index (χ4v) is 4.30.